The van der Waals surface area contributed by atoms with Crippen LogP contribution in [0, 0.1) is 19.8 Å². The maximum Gasteiger partial charge on any atom is 0.226 e. The van der Waals surface area contributed by atoms with E-state index in [2.05, 4.69) is 43.0 Å². The lowest BCUT2D eigenvalue weighted by molar-refractivity contribution is -0.140. The predicted octanol–water partition coefficient (Wildman–Crippen LogP) is 5.41. The number of fused-ring (bicyclic) bond motifs is 1. The van der Waals surface area contributed by atoms with Crippen molar-refractivity contribution in [2.45, 2.75) is 58.4 Å². The number of nitrogens with zero attached hydrogens (tertiary/aromatic N) is 1. The Hall–Kier alpha value is -2.69. The van der Waals surface area contributed by atoms with E-state index in [1.54, 1.807) is 14.2 Å². The van der Waals surface area contributed by atoms with E-state index in [0.717, 1.165) is 49.2 Å². The topological polar surface area (TPSA) is 48.0 Å². The SMILES string of the molecule is COc1cc2c(cc1OC)C(COc1cc(C)cc(C)c1)N(C(=O)C1CCCCC1)CC2. The Morgan fingerprint density at radius 1 is 0.938 bits per heavy atom. The fraction of sp³-hybridized carbons (Fsp3) is 0.519. The van der Waals surface area contributed by atoms with Crippen molar-refractivity contribution in [3.05, 3.63) is 52.6 Å². The van der Waals surface area contributed by atoms with Crippen LogP contribution in [0.4, 0.5) is 0 Å². The quantitative estimate of drug-likeness (QED) is 0.607. The van der Waals surface area contributed by atoms with Crippen LogP contribution in [-0.2, 0) is 11.2 Å². The number of carbonyl (C=O) groups excluding carboxylic acids is 1. The fourth-order valence-electron chi connectivity index (χ4n) is 5.25. The van der Waals surface area contributed by atoms with Gasteiger partial charge in [-0.15, -0.1) is 0 Å². The van der Waals surface area contributed by atoms with Crippen LogP contribution in [0.1, 0.15) is 60.4 Å². The van der Waals surface area contributed by atoms with Crippen LogP contribution in [0.15, 0.2) is 30.3 Å². The lowest BCUT2D eigenvalue weighted by Gasteiger charge is -2.40. The van der Waals surface area contributed by atoms with Crippen LogP contribution in [0.3, 0.4) is 0 Å². The van der Waals surface area contributed by atoms with Crippen molar-refractivity contribution >= 4 is 5.91 Å². The van der Waals surface area contributed by atoms with E-state index >= 15 is 0 Å². The number of hydrogen-bond donors (Lipinski definition) is 0. The van der Waals surface area contributed by atoms with Gasteiger partial charge in [-0.2, -0.15) is 0 Å². The monoisotopic (exact) mass is 437 g/mol. The Labute approximate surface area is 191 Å². The number of rotatable bonds is 6. The Bertz CT molecular complexity index is 944. The summed E-state index contributed by atoms with van der Waals surface area (Å²) in [5, 5.41) is 0. The zero-order valence-electron chi connectivity index (χ0n) is 19.8. The molecular formula is C27H35NO4. The van der Waals surface area contributed by atoms with Gasteiger partial charge in [0.25, 0.3) is 0 Å². The molecule has 1 aliphatic heterocycles. The molecule has 0 N–H and O–H groups in total. The van der Waals surface area contributed by atoms with Gasteiger partial charge in [-0.1, -0.05) is 25.3 Å². The van der Waals surface area contributed by atoms with E-state index in [4.69, 9.17) is 14.2 Å². The molecule has 2 aromatic carbocycles. The highest BCUT2D eigenvalue weighted by atomic mass is 16.5. The Morgan fingerprint density at radius 3 is 2.25 bits per heavy atom. The third kappa shape index (κ3) is 4.72. The summed E-state index contributed by atoms with van der Waals surface area (Å²) in [5.41, 5.74) is 4.64. The third-order valence-electron chi connectivity index (χ3n) is 6.84. The number of carbonyl (C=O) groups is 1. The molecule has 0 bridgehead atoms. The van der Waals surface area contributed by atoms with Crippen LogP contribution in [0.25, 0.3) is 0 Å². The second kappa shape index (κ2) is 9.85. The van der Waals surface area contributed by atoms with Crippen molar-refractivity contribution in [2.24, 2.45) is 5.92 Å². The number of amides is 1. The molecule has 0 spiro atoms. The van der Waals surface area contributed by atoms with Gasteiger partial charge in [0.2, 0.25) is 5.91 Å². The minimum absolute atomic E-state index is 0.133. The van der Waals surface area contributed by atoms with Crippen LogP contribution >= 0.6 is 0 Å². The van der Waals surface area contributed by atoms with Crippen molar-refractivity contribution in [1.29, 1.82) is 0 Å². The van der Waals surface area contributed by atoms with Crippen molar-refractivity contribution < 1.29 is 19.0 Å². The van der Waals surface area contributed by atoms with Gasteiger partial charge in [-0.05, 0) is 79.6 Å². The van der Waals surface area contributed by atoms with Gasteiger partial charge in [0, 0.05) is 12.5 Å². The molecule has 1 amide bonds. The van der Waals surface area contributed by atoms with E-state index in [-0.39, 0.29) is 17.9 Å². The summed E-state index contributed by atoms with van der Waals surface area (Å²) in [6.45, 7) is 5.28. The smallest absolute Gasteiger partial charge is 0.226 e. The van der Waals surface area contributed by atoms with Gasteiger partial charge in [0.1, 0.15) is 12.4 Å². The van der Waals surface area contributed by atoms with Crippen LogP contribution in [-0.4, -0.2) is 38.2 Å². The number of ether oxygens (including phenoxy) is 3. The number of aryl methyl sites for hydroxylation is 2. The first-order valence-electron chi connectivity index (χ1n) is 11.8. The first kappa shape index (κ1) is 22.5. The third-order valence-corrected chi connectivity index (χ3v) is 6.84. The Kier molecular flexibility index (Phi) is 6.92. The lowest BCUT2D eigenvalue weighted by Crippen LogP contribution is -2.45. The molecule has 172 valence electrons. The molecule has 5 nitrogen and oxygen atoms in total. The summed E-state index contributed by atoms with van der Waals surface area (Å²) >= 11 is 0. The molecule has 4 rings (SSSR count). The van der Waals surface area contributed by atoms with E-state index in [1.165, 1.54) is 23.1 Å². The highest BCUT2D eigenvalue weighted by molar-refractivity contribution is 5.80. The van der Waals surface area contributed by atoms with Crippen LogP contribution in [0.2, 0.25) is 0 Å². The minimum Gasteiger partial charge on any atom is -0.493 e. The molecular weight excluding hydrogens is 402 g/mol. The van der Waals surface area contributed by atoms with Crippen LogP contribution in [0.5, 0.6) is 17.2 Å². The number of benzene rings is 2. The predicted molar refractivity (Wildman–Crippen MR) is 126 cm³/mol. The van der Waals surface area contributed by atoms with E-state index in [0.29, 0.717) is 18.9 Å². The molecule has 1 atom stereocenters. The van der Waals surface area contributed by atoms with Crippen molar-refractivity contribution in [1.82, 2.24) is 4.90 Å². The minimum atomic E-state index is -0.145. The van der Waals surface area contributed by atoms with E-state index in [9.17, 15) is 4.79 Å². The highest BCUT2D eigenvalue weighted by Crippen LogP contribution is 2.40. The van der Waals surface area contributed by atoms with Crippen molar-refractivity contribution in [3.8, 4) is 17.2 Å². The zero-order chi connectivity index (χ0) is 22.7. The molecule has 1 unspecified atom stereocenters. The molecule has 0 aromatic heterocycles. The summed E-state index contributed by atoms with van der Waals surface area (Å²) in [4.78, 5) is 15.6. The molecule has 2 aromatic rings. The Morgan fingerprint density at radius 2 is 1.59 bits per heavy atom. The molecule has 1 heterocycles. The molecule has 1 fully saturated rings. The second-order valence-electron chi connectivity index (χ2n) is 9.17. The first-order valence-corrected chi connectivity index (χ1v) is 11.8. The molecule has 2 aliphatic rings. The standard InChI is InChI=1S/C27H35NO4/c1-18-12-19(2)14-22(13-18)32-17-24-23-16-26(31-4)25(30-3)15-21(23)10-11-28(24)27(29)20-8-6-5-7-9-20/h12-16,20,24H,5-11,17H2,1-4H3. The van der Waals surface area contributed by atoms with Crippen molar-refractivity contribution in [2.75, 3.05) is 27.4 Å². The van der Waals surface area contributed by atoms with Gasteiger partial charge in [-0.25, -0.2) is 0 Å². The maximum atomic E-state index is 13.6. The Balaban J connectivity index is 1.66. The molecule has 32 heavy (non-hydrogen) atoms. The second-order valence-corrected chi connectivity index (χ2v) is 9.17. The lowest BCUT2D eigenvalue weighted by atomic mass is 9.86. The average Bonchev–Trinajstić information content (AvgIpc) is 2.81. The van der Waals surface area contributed by atoms with E-state index in [1.807, 2.05) is 6.07 Å². The van der Waals surface area contributed by atoms with E-state index < -0.39 is 0 Å². The van der Waals surface area contributed by atoms with Gasteiger partial charge >= 0.3 is 0 Å². The molecule has 0 saturated heterocycles. The van der Waals surface area contributed by atoms with Gasteiger partial charge in [-0.3, -0.25) is 4.79 Å². The van der Waals surface area contributed by atoms with Gasteiger partial charge in [0.05, 0.1) is 20.3 Å². The average molecular weight is 438 g/mol. The normalized spacial score (nSPS) is 18.8. The molecule has 0 radical (unpaired) electrons. The zero-order valence-corrected chi connectivity index (χ0v) is 19.8. The maximum absolute atomic E-state index is 13.6. The molecule has 1 aliphatic carbocycles. The van der Waals surface area contributed by atoms with Crippen molar-refractivity contribution in [3.63, 3.8) is 0 Å². The summed E-state index contributed by atoms with van der Waals surface area (Å²) in [7, 11) is 3.31. The fourth-order valence-corrected chi connectivity index (χ4v) is 5.25. The summed E-state index contributed by atoms with van der Waals surface area (Å²) in [6.07, 6.45) is 6.35. The summed E-state index contributed by atoms with van der Waals surface area (Å²) in [5.74, 6) is 2.68. The van der Waals surface area contributed by atoms with Gasteiger partial charge < -0.3 is 19.1 Å². The number of hydrogen-bond acceptors (Lipinski definition) is 4. The molecule has 1 saturated carbocycles. The highest BCUT2D eigenvalue weighted by Gasteiger charge is 2.36. The summed E-state index contributed by atoms with van der Waals surface area (Å²) in [6, 6.07) is 10.2. The van der Waals surface area contributed by atoms with Crippen LogP contribution < -0.4 is 14.2 Å². The first-order chi connectivity index (χ1) is 15.5. The van der Waals surface area contributed by atoms with Gasteiger partial charge in [0.15, 0.2) is 11.5 Å². The summed E-state index contributed by atoms with van der Waals surface area (Å²) < 4.78 is 17.4. The number of methoxy groups -OCH3 is 2. The molecule has 5 heteroatoms. The largest absolute Gasteiger partial charge is 0.493 e.